The van der Waals surface area contributed by atoms with E-state index in [4.69, 9.17) is 16.3 Å². The zero-order valence-corrected chi connectivity index (χ0v) is 16.8. The standard InChI is InChI=1S/C17H20ClN3O3S2/c1-3-7-21(9-13-5-6-14(18)26-13)10-15(22)20-17-19-12(11-25-17)8-16(23)24-4-2/h3,5-6,11H,1,4,7-10H2,2H3,(H,19,20,22). The first kappa shape index (κ1) is 20.6. The van der Waals surface area contributed by atoms with Crippen molar-refractivity contribution in [3.63, 3.8) is 0 Å². The fourth-order valence-corrected chi connectivity index (χ4v) is 4.05. The predicted octanol–water partition coefficient (Wildman–Crippen LogP) is 3.59. The van der Waals surface area contributed by atoms with Gasteiger partial charge in [0.05, 0.1) is 29.6 Å². The Kier molecular flexibility index (Phi) is 8.24. The van der Waals surface area contributed by atoms with Crippen LogP contribution in [0.3, 0.4) is 0 Å². The van der Waals surface area contributed by atoms with Gasteiger partial charge in [0, 0.05) is 23.3 Å². The molecule has 1 N–H and O–H groups in total. The predicted molar refractivity (Wildman–Crippen MR) is 106 cm³/mol. The van der Waals surface area contributed by atoms with Crippen molar-refractivity contribution in [2.45, 2.75) is 19.9 Å². The van der Waals surface area contributed by atoms with Gasteiger partial charge in [-0.15, -0.1) is 29.3 Å². The molecule has 0 saturated carbocycles. The number of thiazole rings is 1. The summed E-state index contributed by atoms with van der Waals surface area (Å²) in [5.41, 5.74) is 0.583. The lowest BCUT2D eigenvalue weighted by molar-refractivity contribution is -0.142. The van der Waals surface area contributed by atoms with E-state index >= 15 is 0 Å². The molecule has 0 atom stereocenters. The van der Waals surface area contributed by atoms with Crippen LogP contribution in [-0.4, -0.2) is 41.5 Å². The number of hydrogen-bond acceptors (Lipinski definition) is 7. The van der Waals surface area contributed by atoms with E-state index in [1.807, 2.05) is 17.0 Å². The molecule has 0 aliphatic carbocycles. The Morgan fingerprint density at radius 3 is 2.92 bits per heavy atom. The number of rotatable bonds is 10. The van der Waals surface area contributed by atoms with Crippen molar-refractivity contribution in [3.8, 4) is 0 Å². The number of amides is 1. The van der Waals surface area contributed by atoms with Gasteiger partial charge in [-0.2, -0.15) is 0 Å². The average Bonchev–Trinajstić information content (AvgIpc) is 3.16. The Balaban J connectivity index is 1.88. The van der Waals surface area contributed by atoms with Gasteiger partial charge in [-0.25, -0.2) is 4.98 Å². The highest BCUT2D eigenvalue weighted by Crippen LogP contribution is 2.23. The molecule has 2 aromatic rings. The van der Waals surface area contributed by atoms with Gasteiger partial charge >= 0.3 is 5.97 Å². The highest BCUT2D eigenvalue weighted by molar-refractivity contribution is 7.16. The minimum atomic E-state index is -0.331. The van der Waals surface area contributed by atoms with E-state index in [2.05, 4.69) is 16.9 Å². The molecule has 0 unspecified atom stereocenters. The second-order valence-electron chi connectivity index (χ2n) is 5.34. The van der Waals surface area contributed by atoms with Gasteiger partial charge in [0.1, 0.15) is 0 Å². The molecule has 2 heterocycles. The number of thiophene rings is 1. The largest absolute Gasteiger partial charge is 0.466 e. The Morgan fingerprint density at radius 1 is 1.46 bits per heavy atom. The minimum absolute atomic E-state index is 0.0991. The zero-order chi connectivity index (χ0) is 18.9. The van der Waals surface area contributed by atoms with Crippen molar-refractivity contribution in [1.82, 2.24) is 9.88 Å². The Bertz CT molecular complexity index is 760. The Morgan fingerprint density at radius 2 is 2.27 bits per heavy atom. The molecule has 0 saturated heterocycles. The van der Waals surface area contributed by atoms with Gasteiger partial charge in [0.2, 0.25) is 5.91 Å². The number of carbonyl (C=O) groups excluding carboxylic acids is 2. The third-order valence-electron chi connectivity index (χ3n) is 3.19. The second kappa shape index (κ2) is 10.4. The summed E-state index contributed by atoms with van der Waals surface area (Å²) in [5, 5.41) is 4.97. The van der Waals surface area contributed by atoms with Gasteiger partial charge in [-0.3, -0.25) is 14.5 Å². The van der Waals surface area contributed by atoms with Gasteiger partial charge in [-0.05, 0) is 19.1 Å². The molecule has 0 aliphatic rings. The summed E-state index contributed by atoms with van der Waals surface area (Å²) >= 11 is 8.72. The number of esters is 1. The Hall–Kier alpha value is -1.74. The molecular formula is C17H20ClN3O3S2. The maximum Gasteiger partial charge on any atom is 0.311 e. The molecule has 6 nitrogen and oxygen atoms in total. The van der Waals surface area contributed by atoms with Crippen LogP contribution in [0.4, 0.5) is 5.13 Å². The van der Waals surface area contributed by atoms with Crippen LogP contribution >= 0.6 is 34.3 Å². The van der Waals surface area contributed by atoms with Crippen molar-refractivity contribution in [1.29, 1.82) is 0 Å². The maximum absolute atomic E-state index is 12.3. The molecule has 0 fully saturated rings. The SMILES string of the molecule is C=CCN(CC(=O)Nc1nc(CC(=O)OCC)cs1)Cc1ccc(Cl)s1. The number of aromatic nitrogens is 1. The number of halogens is 1. The average molecular weight is 414 g/mol. The van der Waals surface area contributed by atoms with E-state index < -0.39 is 0 Å². The van der Waals surface area contributed by atoms with E-state index in [1.54, 1.807) is 18.4 Å². The van der Waals surface area contributed by atoms with Crippen molar-refractivity contribution in [2.75, 3.05) is 25.0 Å². The summed E-state index contributed by atoms with van der Waals surface area (Å²) < 4.78 is 5.61. The lowest BCUT2D eigenvalue weighted by atomic mass is 10.3. The summed E-state index contributed by atoms with van der Waals surface area (Å²) in [6.07, 6.45) is 1.85. The molecule has 0 bridgehead atoms. The summed E-state index contributed by atoms with van der Waals surface area (Å²) in [4.78, 5) is 31.0. The highest BCUT2D eigenvalue weighted by atomic mass is 35.5. The maximum atomic E-state index is 12.3. The van der Waals surface area contributed by atoms with Crippen LogP contribution in [-0.2, 0) is 27.3 Å². The van der Waals surface area contributed by atoms with Gasteiger partial charge in [-0.1, -0.05) is 17.7 Å². The number of nitrogens with zero attached hydrogens (tertiary/aromatic N) is 2. The molecule has 140 valence electrons. The number of carbonyl (C=O) groups is 2. The van der Waals surface area contributed by atoms with Crippen molar-refractivity contribution < 1.29 is 14.3 Å². The van der Waals surface area contributed by atoms with Crippen LogP contribution < -0.4 is 5.32 Å². The van der Waals surface area contributed by atoms with Crippen LogP contribution in [0, 0.1) is 0 Å². The second-order valence-corrected chi connectivity index (χ2v) is 8.00. The van der Waals surface area contributed by atoms with Crippen LogP contribution in [0.2, 0.25) is 4.34 Å². The van der Waals surface area contributed by atoms with E-state index in [0.29, 0.717) is 30.5 Å². The van der Waals surface area contributed by atoms with Gasteiger partial charge < -0.3 is 10.1 Å². The first-order valence-corrected chi connectivity index (χ1v) is 10.0. The van der Waals surface area contributed by atoms with E-state index in [-0.39, 0.29) is 24.8 Å². The number of hydrogen-bond donors (Lipinski definition) is 1. The number of nitrogens with one attached hydrogen (secondary N) is 1. The summed E-state index contributed by atoms with van der Waals surface area (Å²) in [6.45, 7) is 7.22. The van der Waals surface area contributed by atoms with Crippen molar-refractivity contribution >= 4 is 51.3 Å². The first-order chi connectivity index (χ1) is 12.5. The van der Waals surface area contributed by atoms with Gasteiger partial charge in [0.15, 0.2) is 5.13 Å². The third kappa shape index (κ3) is 6.87. The third-order valence-corrected chi connectivity index (χ3v) is 5.21. The topological polar surface area (TPSA) is 71.5 Å². The lowest BCUT2D eigenvalue weighted by Gasteiger charge is -2.18. The zero-order valence-electron chi connectivity index (χ0n) is 14.4. The minimum Gasteiger partial charge on any atom is -0.466 e. The van der Waals surface area contributed by atoms with Crippen molar-refractivity contribution in [3.05, 3.63) is 45.1 Å². The quantitative estimate of drug-likeness (QED) is 0.476. The molecule has 2 aromatic heterocycles. The number of ether oxygens (including phenoxy) is 1. The number of anilines is 1. The van der Waals surface area contributed by atoms with E-state index in [9.17, 15) is 9.59 Å². The fourth-order valence-electron chi connectivity index (χ4n) is 2.19. The molecular weight excluding hydrogens is 394 g/mol. The molecule has 0 spiro atoms. The summed E-state index contributed by atoms with van der Waals surface area (Å²) in [5.74, 6) is -0.506. The molecule has 1 amide bonds. The normalized spacial score (nSPS) is 10.7. The van der Waals surface area contributed by atoms with Crippen LogP contribution in [0.5, 0.6) is 0 Å². The Labute approximate surface area is 165 Å². The monoisotopic (exact) mass is 413 g/mol. The fraction of sp³-hybridized carbons (Fsp3) is 0.353. The van der Waals surface area contributed by atoms with Crippen LogP contribution in [0.25, 0.3) is 0 Å². The van der Waals surface area contributed by atoms with Gasteiger partial charge in [0.25, 0.3) is 0 Å². The van der Waals surface area contributed by atoms with Crippen LogP contribution in [0.1, 0.15) is 17.5 Å². The van der Waals surface area contributed by atoms with Crippen LogP contribution in [0.15, 0.2) is 30.2 Å². The highest BCUT2D eigenvalue weighted by Gasteiger charge is 2.14. The van der Waals surface area contributed by atoms with E-state index in [0.717, 1.165) is 9.21 Å². The molecule has 0 aliphatic heterocycles. The smallest absolute Gasteiger partial charge is 0.311 e. The van der Waals surface area contributed by atoms with Crippen molar-refractivity contribution in [2.24, 2.45) is 0 Å². The van der Waals surface area contributed by atoms with E-state index in [1.165, 1.54) is 22.7 Å². The molecule has 2 rings (SSSR count). The summed E-state index contributed by atoms with van der Waals surface area (Å²) in [6, 6.07) is 3.79. The molecule has 0 radical (unpaired) electrons. The molecule has 26 heavy (non-hydrogen) atoms. The summed E-state index contributed by atoms with van der Waals surface area (Å²) in [7, 11) is 0. The lowest BCUT2D eigenvalue weighted by Crippen LogP contribution is -2.32. The molecule has 9 heteroatoms. The molecule has 0 aromatic carbocycles. The first-order valence-electron chi connectivity index (χ1n) is 7.97.